The molecule has 0 spiro atoms. The first-order valence-electron chi connectivity index (χ1n) is 4.96. The standard InChI is InChI=1S/C11H20N2/c1-6-7-11-9(3)8(2)10(4)13(5)12-11/h12H,6-7H2,1-5H3. The SMILES string of the molecule is CCCC1=C(C)C(C)=C(C)N(C)N1. The summed E-state index contributed by atoms with van der Waals surface area (Å²) in [4.78, 5) is 0. The van der Waals surface area contributed by atoms with E-state index in [0.717, 1.165) is 6.42 Å². The van der Waals surface area contributed by atoms with Crippen LogP contribution in [0.15, 0.2) is 22.5 Å². The maximum atomic E-state index is 3.40. The molecule has 74 valence electrons. The Hall–Kier alpha value is -0.920. The number of hydrazine groups is 1. The van der Waals surface area contributed by atoms with Crippen LogP contribution >= 0.6 is 0 Å². The minimum Gasteiger partial charge on any atom is -0.303 e. The van der Waals surface area contributed by atoms with Crippen molar-refractivity contribution in [3.05, 3.63) is 22.5 Å². The maximum Gasteiger partial charge on any atom is 0.0348 e. The van der Waals surface area contributed by atoms with Crippen molar-refractivity contribution in [1.82, 2.24) is 10.4 Å². The minimum absolute atomic E-state index is 1.14. The van der Waals surface area contributed by atoms with E-state index in [2.05, 4.69) is 45.2 Å². The van der Waals surface area contributed by atoms with E-state index in [-0.39, 0.29) is 0 Å². The summed E-state index contributed by atoms with van der Waals surface area (Å²) in [5.74, 6) is 0. The van der Waals surface area contributed by atoms with Gasteiger partial charge in [0.05, 0.1) is 0 Å². The Morgan fingerprint density at radius 1 is 1.15 bits per heavy atom. The molecule has 0 atom stereocenters. The van der Waals surface area contributed by atoms with Gasteiger partial charge in [-0.05, 0) is 38.3 Å². The van der Waals surface area contributed by atoms with Gasteiger partial charge < -0.3 is 5.43 Å². The fourth-order valence-corrected chi connectivity index (χ4v) is 1.61. The summed E-state index contributed by atoms with van der Waals surface area (Å²) in [6.45, 7) is 8.75. The molecule has 2 heteroatoms. The van der Waals surface area contributed by atoms with Gasteiger partial charge >= 0.3 is 0 Å². The van der Waals surface area contributed by atoms with Crippen LogP contribution in [0.5, 0.6) is 0 Å². The molecular weight excluding hydrogens is 160 g/mol. The van der Waals surface area contributed by atoms with Gasteiger partial charge in [0.25, 0.3) is 0 Å². The van der Waals surface area contributed by atoms with Crippen molar-refractivity contribution in [2.24, 2.45) is 0 Å². The molecule has 0 aromatic carbocycles. The van der Waals surface area contributed by atoms with E-state index in [1.54, 1.807) is 0 Å². The molecule has 0 saturated heterocycles. The average Bonchev–Trinajstić information content (AvgIpc) is 2.11. The molecule has 0 saturated carbocycles. The lowest BCUT2D eigenvalue weighted by Gasteiger charge is -2.32. The smallest absolute Gasteiger partial charge is 0.0348 e. The molecule has 0 aliphatic carbocycles. The van der Waals surface area contributed by atoms with Crippen molar-refractivity contribution in [2.75, 3.05) is 7.05 Å². The largest absolute Gasteiger partial charge is 0.303 e. The summed E-state index contributed by atoms with van der Waals surface area (Å²) in [5, 5.41) is 2.10. The lowest BCUT2D eigenvalue weighted by Crippen LogP contribution is -2.36. The highest BCUT2D eigenvalue weighted by Crippen LogP contribution is 2.24. The zero-order valence-electron chi connectivity index (χ0n) is 9.36. The Morgan fingerprint density at radius 2 is 1.77 bits per heavy atom. The fraction of sp³-hybridized carbons (Fsp3) is 0.636. The zero-order valence-corrected chi connectivity index (χ0v) is 9.36. The number of nitrogens with one attached hydrogen (secondary N) is 1. The monoisotopic (exact) mass is 180 g/mol. The van der Waals surface area contributed by atoms with E-state index in [9.17, 15) is 0 Å². The van der Waals surface area contributed by atoms with E-state index in [4.69, 9.17) is 0 Å². The van der Waals surface area contributed by atoms with Crippen molar-refractivity contribution >= 4 is 0 Å². The van der Waals surface area contributed by atoms with Crippen molar-refractivity contribution < 1.29 is 0 Å². The summed E-state index contributed by atoms with van der Waals surface area (Å²) in [6.07, 6.45) is 2.33. The summed E-state index contributed by atoms with van der Waals surface area (Å²) in [5.41, 5.74) is 8.91. The maximum absolute atomic E-state index is 3.40. The van der Waals surface area contributed by atoms with E-state index < -0.39 is 0 Å². The second kappa shape index (κ2) is 3.86. The van der Waals surface area contributed by atoms with Crippen LogP contribution in [0.25, 0.3) is 0 Å². The highest BCUT2D eigenvalue weighted by atomic mass is 15.5. The van der Waals surface area contributed by atoms with E-state index in [1.807, 2.05) is 0 Å². The lowest BCUT2D eigenvalue weighted by molar-refractivity contribution is 0.318. The lowest BCUT2D eigenvalue weighted by atomic mass is 10.0. The van der Waals surface area contributed by atoms with Crippen LogP contribution in [0.1, 0.15) is 40.5 Å². The third kappa shape index (κ3) is 1.87. The van der Waals surface area contributed by atoms with Gasteiger partial charge in [-0.25, -0.2) is 0 Å². The van der Waals surface area contributed by atoms with Crippen molar-refractivity contribution in [3.8, 4) is 0 Å². The first-order chi connectivity index (χ1) is 6.07. The number of rotatable bonds is 2. The van der Waals surface area contributed by atoms with Gasteiger partial charge in [-0.1, -0.05) is 13.3 Å². The molecule has 0 aromatic rings. The number of nitrogens with zero attached hydrogens (tertiary/aromatic N) is 1. The number of hydrogen-bond donors (Lipinski definition) is 1. The quantitative estimate of drug-likeness (QED) is 0.703. The van der Waals surface area contributed by atoms with Gasteiger partial charge in [0.15, 0.2) is 0 Å². The van der Waals surface area contributed by atoms with Gasteiger partial charge in [0.1, 0.15) is 0 Å². The van der Waals surface area contributed by atoms with Crippen molar-refractivity contribution in [1.29, 1.82) is 0 Å². The van der Waals surface area contributed by atoms with Crippen LogP contribution in [0.2, 0.25) is 0 Å². The molecule has 0 aromatic heterocycles. The second-order valence-electron chi connectivity index (χ2n) is 3.73. The number of hydrogen-bond acceptors (Lipinski definition) is 2. The molecule has 1 heterocycles. The van der Waals surface area contributed by atoms with Crippen LogP contribution in [-0.4, -0.2) is 12.1 Å². The van der Waals surface area contributed by atoms with Crippen molar-refractivity contribution in [3.63, 3.8) is 0 Å². The molecule has 2 nitrogen and oxygen atoms in total. The summed E-state index contributed by atoms with van der Waals surface area (Å²) in [7, 11) is 2.07. The third-order valence-electron chi connectivity index (χ3n) is 2.86. The van der Waals surface area contributed by atoms with Gasteiger partial charge in [0, 0.05) is 18.4 Å². The Labute approximate surface area is 81.3 Å². The molecule has 13 heavy (non-hydrogen) atoms. The Balaban J connectivity index is 2.96. The molecule has 1 aliphatic rings. The summed E-state index contributed by atoms with van der Waals surface area (Å²) < 4.78 is 0. The van der Waals surface area contributed by atoms with E-state index >= 15 is 0 Å². The highest BCUT2D eigenvalue weighted by molar-refractivity contribution is 5.37. The van der Waals surface area contributed by atoms with Gasteiger partial charge in [0.2, 0.25) is 0 Å². The molecule has 0 radical (unpaired) electrons. The third-order valence-corrected chi connectivity index (χ3v) is 2.86. The molecule has 1 aliphatic heterocycles. The molecule has 1 rings (SSSR count). The number of allylic oxidation sites excluding steroid dienone is 4. The predicted molar refractivity (Wildman–Crippen MR) is 56.9 cm³/mol. The Kier molecular flexibility index (Phi) is 3.02. The van der Waals surface area contributed by atoms with E-state index in [1.165, 1.54) is 29.0 Å². The van der Waals surface area contributed by atoms with E-state index in [0.29, 0.717) is 0 Å². The second-order valence-corrected chi connectivity index (χ2v) is 3.73. The average molecular weight is 180 g/mol. The van der Waals surface area contributed by atoms with Crippen LogP contribution in [0.4, 0.5) is 0 Å². The van der Waals surface area contributed by atoms with Gasteiger partial charge in [-0.15, -0.1) is 0 Å². The fourth-order valence-electron chi connectivity index (χ4n) is 1.61. The Bertz CT molecular complexity index is 261. The summed E-state index contributed by atoms with van der Waals surface area (Å²) >= 11 is 0. The molecule has 0 unspecified atom stereocenters. The predicted octanol–water partition coefficient (Wildman–Crippen LogP) is 2.80. The van der Waals surface area contributed by atoms with Crippen LogP contribution in [-0.2, 0) is 0 Å². The van der Waals surface area contributed by atoms with Crippen LogP contribution < -0.4 is 5.43 Å². The zero-order chi connectivity index (χ0) is 10.0. The molecule has 1 N–H and O–H groups in total. The minimum atomic E-state index is 1.14. The normalized spacial score (nSPS) is 18.1. The molecule has 0 fully saturated rings. The van der Waals surface area contributed by atoms with Gasteiger partial charge in [-0.3, -0.25) is 5.01 Å². The molecule has 0 bridgehead atoms. The Morgan fingerprint density at radius 3 is 2.31 bits per heavy atom. The first kappa shape index (κ1) is 10.2. The van der Waals surface area contributed by atoms with Gasteiger partial charge in [-0.2, -0.15) is 0 Å². The highest BCUT2D eigenvalue weighted by Gasteiger charge is 2.15. The first-order valence-corrected chi connectivity index (χ1v) is 4.96. The molecular formula is C11H20N2. The summed E-state index contributed by atoms with van der Waals surface area (Å²) in [6, 6.07) is 0. The van der Waals surface area contributed by atoms with Crippen LogP contribution in [0.3, 0.4) is 0 Å². The molecule has 0 amide bonds. The topological polar surface area (TPSA) is 15.3 Å². The van der Waals surface area contributed by atoms with Crippen LogP contribution in [0, 0.1) is 0 Å². The van der Waals surface area contributed by atoms with Crippen molar-refractivity contribution in [2.45, 2.75) is 40.5 Å².